The monoisotopic (exact) mass is 238 g/mol. The van der Waals surface area contributed by atoms with E-state index in [9.17, 15) is 4.79 Å². The predicted octanol–water partition coefficient (Wildman–Crippen LogP) is 4.39. The van der Waals surface area contributed by atoms with Crippen molar-refractivity contribution in [1.82, 2.24) is 0 Å². The van der Waals surface area contributed by atoms with E-state index in [0.29, 0.717) is 6.61 Å². The molecule has 0 saturated carbocycles. The molecule has 1 aliphatic rings. The zero-order chi connectivity index (χ0) is 12.5. The van der Waals surface area contributed by atoms with Gasteiger partial charge in [0.05, 0.1) is 6.61 Å². The van der Waals surface area contributed by atoms with Gasteiger partial charge in [0.25, 0.3) is 0 Å². The summed E-state index contributed by atoms with van der Waals surface area (Å²) in [7, 11) is 0. The molecule has 0 aromatic rings. The molecule has 0 aromatic heterocycles. The Balaban J connectivity index is 2.50. The summed E-state index contributed by atoms with van der Waals surface area (Å²) in [4.78, 5) is 11.6. The highest BCUT2D eigenvalue weighted by atomic mass is 16.5. The van der Waals surface area contributed by atoms with Crippen LogP contribution in [0.4, 0.5) is 0 Å². The SMILES string of the molecule is CCCCCC/C(CCCC)=C1\CCOC1=O. The molecule has 0 bridgehead atoms. The second-order valence-corrected chi connectivity index (χ2v) is 4.88. The van der Waals surface area contributed by atoms with Gasteiger partial charge in [-0.15, -0.1) is 0 Å². The smallest absolute Gasteiger partial charge is 0.334 e. The van der Waals surface area contributed by atoms with Crippen LogP contribution in [0.2, 0.25) is 0 Å². The topological polar surface area (TPSA) is 26.3 Å². The summed E-state index contributed by atoms with van der Waals surface area (Å²) in [6.07, 6.45) is 10.5. The fraction of sp³-hybridized carbons (Fsp3) is 0.800. The van der Waals surface area contributed by atoms with E-state index in [4.69, 9.17) is 4.74 Å². The molecule has 1 heterocycles. The number of allylic oxidation sites excluding steroid dienone is 1. The van der Waals surface area contributed by atoms with Crippen LogP contribution in [0.1, 0.15) is 71.6 Å². The van der Waals surface area contributed by atoms with Gasteiger partial charge in [-0.2, -0.15) is 0 Å². The van der Waals surface area contributed by atoms with Crippen molar-refractivity contribution in [2.24, 2.45) is 0 Å². The van der Waals surface area contributed by atoms with Gasteiger partial charge in [0.2, 0.25) is 0 Å². The molecule has 0 radical (unpaired) electrons. The maximum atomic E-state index is 11.6. The number of hydrogen-bond acceptors (Lipinski definition) is 2. The number of hydrogen-bond donors (Lipinski definition) is 0. The largest absolute Gasteiger partial charge is 0.462 e. The van der Waals surface area contributed by atoms with Crippen molar-refractivity contribution in [3.8, 4) is 0 Å². The highest BCUT2D eigenvalue weighted by molar-refractivity contribution is 5.91. The number of cyclic esters (lactones) is 1. The van der Waals surface area contributed by atoms with E-state index >= 15 is 0 Å². The number of unbranched alkanes of at least 4 members (excludes halogenated alkanes) is 4. The van der Waals surface area contributed by atoms with Gasteiger partial charge < -0.3 is 4.74 Å². The van der Waals surface area contributed by atoms with E-state index in [-0.39, 0.29) is 5.97 Å². The highest BCUT2D eigenvalue weighted by Gasteiger charge is 2.22. The fourth-order valence-electron chi connectivity index (χ4n) is 2.34. The molecule has 1 aliphatic heterocycles. The standard InChI is InChI=1S/C15H26O2/c1-3-5-7-8-10-13(9-6-4-2)14-11-12-17-15(14)16/h3-12H2,1-2H3/b14-13+. The van der Waals surface area contributed by atoms with Crippen LogP contribution in [0.5, 0.6) is 0 Å². The first kappa shape index (κ1) is 14.3. The van der Waals surface area contributed by atoms with Crippen LogP contribution in [0.15, 0.2) is 11.1 Å². The van der Waals surface area contributed by atoms with Crippen molar-refractivity contribution >= 4 is 5.97 Å². The zero-order valence-corrected chi connectivity index (χ0v) is 11.4. The van der Waals surface area contributed by atoms with Crippen LogP contribution in [0, 0.1) is 0 Å². The lowest BCUT2D eigenvalue weighted by molar-refractivity contribution is -0.135. The summed E-state index contributed by atoms with van der Waals surface area (Å²) in [6.45, 7) is 5.02. The average Bonchev–Trinajstić information content (AvgIpc) is 2.75. The van der Waals surface area contributed by atoms with Crippen LogP contribution >= 0.6 is 0 Å². The number of ether oxygens (including phenoxy) is 1. The Morgan fingerprint density at radius 2 is 1.76 bits per heavy atom. The Morgan fingerprint density at radius 1 is 1.06 bits per heavy atom. The predicted molar refractivity (Wildman–Crippen MR) is 70.9 cm³/mol. The Bertz CT molecular complexity index is 266. The van der Waals surface area contributed by atoms with Crippen molar-refractivity contribution in [1.29, 1.82) is 0 Å². The summed E-state index contributed by atoms with van der Waals surface area (Å²) in [5.41, 5.74) is 2.38. The molecule has 1 rings (SSSR count). The molecular weight excluding hydrogens is 212 g/mol. The zero-order valence-electron chi connectivity index (χ0n) is 11.4. The Morgan fingerprint density at radius 3 is 2.35 bits per heavy atom. The molecule has 0 atom stereocenters. The Kier molecular flexibility index (Phi) is 6.99. The van der Waals surface area contributed by atoms with Crippen LogP contribution in [0.3, 0.4) is 0 Å². The normalized spacial score (nSPS) is 18.4. The second kappa shape index (κ2) is 8.32. The van der Waals surface area contributed by atoms with Crippen molar-refractivity contribution in [3.63, 3.8) is 0 Å². The van der Waals surface area contributed by atoms with Crippen LogP contribution in [0.25, 0.3) is 0 Å². The molecule has 98 valence electrons. The molecule has 0 unspecified atom stereocenters. The van der Waals surface area contributed by atoms with Gasteiger partial charge in [0.15, 0.2) is 0 Å². The van der Waals surface area contributed by atoms with Crippen LogP contribution < -0.4 is 0 Å². The highest BCUT2D eigenvalue weighted by Crippen LogP contribution is 2.26. The summed E-state index contributed by atoms with van der Waals surface area (Å²) in [6, 6.07) is 0. The fourth-order valence-corrected chi connectivity index (χ4v) is 2.34. The maximum Gasteiger partial charge on any atom is 0.334 e. The van der Waals surface area contributed by atoms with Crippen LogP contribution in [-0.2, 0) is 9.53 Å². The molecule has 17 heavy (non-hydrogen) atoms. The number of carbonyl (C=O) groups is 1. The average molecular weight is 238 g/mol. The number of rotatable bonds is 8. The number of esters is 1. The molecule has 1 saturated heterocycles. The molecule has 0 amide bonds. The minimum Gasteiger partial charge on any atom is -0.462 e. The summed E-state index contributed by atoms with van der Waals surface area (Å²) >= 11 is 0. The third kappa shape index (κ3) is 4.93. The van der Waals surface area contributed by atoms with Gasteiger partial charge in [-0.25, -0.2) is 4.79 Å². The second-order valence-electron chi connectivity index (χ2n) is 4.88. The summed E-state index contributed by atoms with van der Waals surface area (Å²) in [5.74, 6) is -0.0494. The summed E-state index contributed by atoms with van der Waals surface area (Å²) < 4.78 is 5.06. The lowest BCUT2D eigenvalue weighted by atomic mass is 9.95. The van der Waals surface area contributed by atoms with Gasteiger partial charge in [-0.1, -0.05) is 45.1 Å². The molecule has 2 heteroatoms. The molecule has 0 N–H and O–H groups in total. The van der Waals surface area contributed by atoms with Crippen molar-refractivity contribution in [2.45, 2.75) is 71.6 Å². The molecule has 2 nitrogen and oxygen atoms in total. The molecule has 0 aliphatic carbocycles. The summed E-state index contributed by atoms with van der Waals surface area (Å²) in [5, 5.41) is 0. The van der Waals surface area contributed by atoms with E-state index in [0.717, 1.165) is 24.8 Å². The maximum absolute atomic E-state index is 11.6. The quantitative estimate of drug-likeness (QED) is 0.356. The molecule has 1 fully saturated rings. The van der Waals surface area contributed by atoms with Gasteiger partial charge >= 0.3 is 5.97 Å². The van der Waals surface area contributed by atoms with Gasteiger partial charge in [-0.3, -0.25) is 0 Å². The van der Waals surface area contributed by atoms with E-state index in [1.165, 1.54) is 44.1 Å². The van der Waals surface area contributed by atoms with Crippen LogP contribution in [-0.4, -0.2) is 12.6 Å². The third-order valence-electron chi connectivity index (χ3n) is 3.42. The lowest BCUT2D eigenvalue weighted by Gasteiger charge is -2.09. The lowest BCUT2D eigenvalue weighted by Crippen LogP contribution is -2.00. The van der Waals surface area contributed by atoms with Gasteiger partial charge in [0.1, 0.15) is 0 Å². The Labute approximate surface area is 105 Å². The first-order valence-electron chi connectivity index (χ1n) is 7.17. The van der Waals surface area contributed by atoms with E-state index < -0.39 is 0 Å². The minimum atomic E-state index is -0.0494. The first-order chi connectivity index (χ1) is 8.29. The van der Waals surface area contributed by atoms with E-state index in [2.05, 4.69) is 13.8 Å². The number of carbonyl (C=O) groups excluding carboxylic acids is 1. The van der Waals surface area contributed by atoms with Crippen molar-refractivity contribution < 1.29 is 9.53 Å². The van der Waals surface area contributed by atoms with Gasteiger partial charge in [0, 0.05) is 12.0 Å². The van der Waals surface area contributed by atoms with Gasteiger partial charge in [-0.05, 0) is 25.7 Å². The van der Waals surface area contributed by atoms with Crippen molar-refractivity contribution in [2.75, 3.05) is 6.61 Å². The van der Waals surface area contributed by atoms with E-state index in [1.54, 1.807) is 0 Å². The van der Waals surface area contributed by atoms with E-state index in [1.807, 2.05) is 0 Å². The molecule has 0 aromatic carbocycles. The van der Waals surface area contributed by atoms with Crippen molar-refractivity contribution in [3.05, 3.63) is 11.1 Å². The minimum absolute atomic E-state index is 0.0494. The molecule has 0 spiro atoms. The Hall–Kier alpha value is -0.790. The first-order valence-corrected chi connectivity index (χ1v) is 7.17. The third-order valence-corrected chi connectivity index (χ3v) is 3.42. The molecular formula is C15H26O2.